The number of anilines is 1. The maximum absolute atomic E-state index is 14.7. The molecule has 2 atom stereocenters. The molecule has 1 fully saturated rings. The fourth-order valence-corrected chi connectivity index (χ4v) is 5.35. The van der Waals surface area contributed by atoms with E-state index in [0.717, 1.165) is 24.2 Å². The minimum Gasteiger partial charge on any atom is -0.461 e. The Hall–Kier alpha value is -3.52. The van der Waals surface area contributed by atoms with Crippen molar-refractivity contribution in [2.75, 3.05) is 18.4 Å². The molecule has 1 N–H and O–H groups in total. The van der Waals surface area contributed by atoms with Crippen LogP contribution in [0.25, 0.3) is 0 Å². The number of amides is 1. The van der Waals surface area contributed by atoms with Gasteiger partial charge in [-0.05, 0) is 31.0 Å². The maximum Gasteiger partial charge on any atom is 0.302 e. The van der Waals surface area contributed by atoms with Gasteiger partial charge in [0.15, 0.2) is 17.5 Å². The molecule has 3 rings (SSSR count). The van der Waals surface area contributed by atoms with Crippen LogP contribution in [0.15, 0.2) is 35.2 Å². The van der Waals surface area contributed by atoms with Gasteiger partial charge in [0.1, 0.15) is 22.9 Å². The van der Waals surface area contributed by atoms with E-state index in [1.54, 1.807) is 0 Å². The van der Waals surface area contributed by atoms with Gasteiger partial charge in [-0.15, -0.1) is 0 Å². The van der Waals surface area contributed by atoms with Crippen molar-refractivity contribution < 1.29 is 49.8 Å². The lowest BCUT2D eigenvalue weighted by molar-refractivity contribution is -0.148. The second-order valence-corrected chi connectivity index (χ2v) is 10.1. The Bertz CT molecular complexity index is 1290. The molecule has 37 heavy (non-hydrogen) atoms. The molecule has 2 aromatic rings. The van der Waals surface area contributed by atoms with Crippen molar-refractivity contribution in [1.82, 2.24) is 4.31 Å². The number of esters is 2. The van der Waals surface area contributed by atoms with Crippen LogP contribution in [0.4, 0.5) is 23.2 Å². The summed E-state index contributed by atoms with van der Waals surface area (Å²) in [6.45, 7) is 1.52. The van der Waals surface area contributed by atoms with Gasteiger partial charge in [-0.25, -0.2) is 26.0 Å². The summed E-state index contributed by atoms with van der Waals surface area (Å²) in [5.41, 5.74) is -0.857. The number of ether oxygens (including phenoxy) is 2. The lowest BCUT2D eigenvalue weighted by Crippen LogP contribution is -2.41. The molecule has 1 amide bonds. The highest BCUT2D eigenvalue weighted by atomic mass is 32.2. The third-order valence-electron chi connectivity index (χ3n) is 5.34. The molecule has 0 radical (unpaired) electrons. The molecule has 1 aliphatic heterocycles. The Balaban J connectivity index is 1.93. The van der Waals surface area contributed by atoms with Crippen LogP contribution < -0.4 is 5.32 Å². The molecule has 1 unspecified atom stereocenters. The highest BCUT2D eigenvalue weighted by molar-refractivity contribution is 7.89. The van der Waals surface area contributed by atoms with Crippen LogP contribution in [-0.2, 0) is 29.1 Å². The van der Waals surface area contributed by atoms with Crippen LogP contribution in [0.5, 0.6) is 0 Å². The summed E-state index contributed by atoms with van der Waals surface area (Å²) < 4.78 is 92.7. The molecule has 0 saturated carbocycles. The van der Waals surface area contributed by atoms with E-state index in [9.17, 15) is 40.4 Å². The van der Waals surface area contributed by atoms with Gasteiger partial charge in [-0.1, -0.05) is 0 Å². The minimum absolute atomic E-state index is 0.166. The molecular weight excluding hydrogens is 524 g/mol. The standard InChI is InChI=1S/C23H22F4N2O7S/c1-12(30)35-16-4-5-17(36-13(2)31)11-29(10-16)37(33,34)21-7-14(3-6-18(21)24)23(32)28-15-8-19(25)22(27)20(26)9-15/h3,6-9,16-17H,4-5,10-11H2,1-2H3,(H,28,32)/t16-,17?/m0/s1. The van der Waals surface area contributed by atoms with E-state index in [4.69, 9.17) is 9.47 Å². The van der Waals surface area contributed by atoms with Crippen molar-refractivity contribution in [2.24, 2.45) is 0 Å². The van der Waals surface area contributed by atoms with Crippen LogP contribution >= 0.6 is 0 Å². The van der Waals surface area contributed by atoms with Crippen LogP contribution in [0.2, 0.25) is 0 Å². The summed E-state index contributed by atoms with van der Waals surface area (Å²) >= 11 is 0. The minimum atomic E-state index is -4.68. The first-order valence-electron chi connectivity index (χ1n) is 10.9. The van der Waals surface area contributed by atoms with Crippen LogP contribution in [0.3, 0.4) is 0 Å². The summed E-state index contributed by atoms with van der Waals surface area (Å²) in [7, 11) is -4.68. The van der Waals surface area contributed by atoms with Crippen molar-refractivity contribution in [3.63, 3.8) is 0 Å². The number of nitrogens with zero attached hydrogens (tertiary/aromatic N) is 1. The van der Waals surface area contributed by atoms with Gasteiger partial charge in [0.05, 0.1) is 13.1 Å². The monoisotopic (exact) mass is 546 g/mol. The number of hydrogen-bond donors (Lipinski definition) is 1. The molecule has 200 valence electrons. The normalized spacial score (nSPS) is 18.5. The Kier molecular flexibility index (Phi) is 8.53. The number of nitrogens with one attached hydrogen (secondary N) is 1. The Labute approximate surface area is 209 Å². The zero-order valence-corrected chi connectivity index (χ0v) is 20.4. The van der Waals surface area contributed by atoms with Gasteiger partial charge in [0.25, 0.3) is 5.91 Å². The SMILES string of the molecule is CC(=O)OC1CC[C@H](OC(C)=O)CN(S(=O)(=O)c2cc(C(=O)Nc3cc(F)c(F)c(F)c3)ccc2F)C1. The predicted molar refractivity (Wildman–Crippen MR) is 120 cm³/mol. The molecule has 9 nitrogen and oxygen atoms in total. The number of carbonyl (C=O) groups excluding carboxylic acids is 3. The lowest BCUT2D eigenvalue weighted by Gasteiger charge is -2.25. The van der Waals surface area contributed by atoms with Crippen molar-refractivity contribution >= 4 is 33.6 Å². The van der Waals surface area contributed by atoms with Crippen LogP contribution in [-0.4, -0.2) is 55.9 Å². The molecule has 1 heterocycles. The summed E-state index contributed by atoms with van der Waals surface area (Å²) in [5.74, 6) is -8.50. The molecule has 2 aromatic carbocycles. The molecule has 1 saturated heterocycles. The Morgan fingerprint density at radius 2 is 1.38 bits per heavy atom. The van der Waals surface area contributed by atoms with Gasteiger partial charge >= 0.3 is 11.9 Å². The fourth-order valence-electron chi connectivity index (χ4n) is 3.75. The third kappa shape index (κ3) is 6.83. The highest BCUT2D eigenvalue weighted by Crippen LogP contribution is 2.27. The van der Waals surface area contributed by atoms with E-state index in [1.165, 1.54) is 0 Å². The molecule has 0 aromatic heterocycles. The largest absolute Gasteiger partial charge is 0.461 e. The molecule has 0 bridgehead atoms. The second kappa shape index (κ2) is 11.3. The Morgan fingerprint density at radius 3 is 1.86 bits per heavy atom. The summed E-state index contributed by atoms with van der Waals surface area (Å²) in [6, 6.07) is 3.38. The number of hydrogen-bond acceptors (Lipinski definition) is 7. The highest BCUT2D eigenvalue weighted by Gasteiger charge is 2.36. The zero-order chi connectivity index (χ0) is 27.5. The van der Waals surface area contributed by atoms with Gasteiger partial charge in [-0.2, -0.15) is 4.31 Å². The first-order chi connectivity index (χ1) is 17.3. The smallest absolute Gasteiger partial charge is 0.302 e. The number of carbonyl (C=O) groups is 3. The first kappa shape index (κ1) is 28.1. The number of rotatable bonds is 6. The van der Waals surface area contributed by atoms with E-state index in [-0.39, 0.29) is 25.9 Å². The summed E-state index contributed by atoms with van der Waals surface area (Å²) in [6.07, 6.45) is -1.49. The van der Waals surface area contributed by atoms with Gasteiger partial charge in [0.2, 0.25) is 10.0 Å². The van der Waals surface area contributed by atoms with E-state index in [2.05, 4.69) is 5.32 Å². The molecular formula is C23H22F4N2O7S. The van der Waals surface area contributed by atoms with Gasteiger partial charge < -0.3 is 14.8 Å². The molecule has 0 spiro atoms. The number of halogens is 4. The number of benzene rings is 2. The van der Waals surface area contributed by atoms with E-state index in [1.807, 2.05) is 0 Å². The van der Waals surface area contributed by atoms with Gasteiger partial charge in [-0.3, -0.25) is 14.4 Å². The third-order valence-corrected chi connectivity index (χ3v) is 7.19. The van der Waals surface area contributed by atoms with Crippen molar-refractivity contribution in [1.29, 1.82) is 0 Å². The maximum atomic E-state index is 14.7. The molecule has 1 aliphatic rings. The molecule has 0 aliphatic carbocycles. The quantitative estimate of drug-likeness (QED) is 0.336. The Morgan fingerprint density at radius 1 is 0.865 bits per heavy atom. The predicted octanol–water partition coefficient (Wildman–Crippen LogP) is 3.14. The molecule has 14 heteroatoms. The lowest BCUT2D eigenvalue weighted by atomic mass is 10.1. The first-order valence-corrected chi connectivity index (χ1v) is 12.3. The van der Waals surface area contributed by atoms with Crippen LogP contribution in [0.1, 0.15) is 37.0 Å². The second-order valence-electron chi connectivity index (χ2n) is 8.22. The van der Waals surface area contributed by atoms with E-state index >= 15 is 0 Å². The van der Waals surface area contributed by atoms with E-state index in [0.29, 0.717) is 24.3 Å². The van der Waals surface area contributed by atoms with Gasteiger partial charge in [0, 0.05) is 37.2 Å². The van der Waals surface area contributed by atoms with Crippen LogP contribution in [0, 0.1) is 23.3 Å². The average Bonchev–Trinajstić information content (AvgIpc) is 2.99. The van der Waals surface area contributed by atoms with Crippen molar-refractivity contribution in [2.45, 2.75) is 43.8 Å². The van der Waals surface area contributed by atoms with Crippen molar-refractivity contribution in [3.05, 3.63) is 59.2 Å². The summed E-state index contributed by atoms with van der Waals surface area (Å²) in [5, 5.41) is 2.08. The average molecular weight is 546 g/mol. The van der Waals surface area contributed by atoms with Crippen molar-refractivity contribution in [3.8, 4) is 0 Å². The number of sulfonamides is 1. The zero-order valence-electron chi connectivity index (χ0n) is 19.6. The topological polar surface area (TPSA) is 119 Å². The summed E-state index contributed by atoms with van der Waals surface area (Å²) in [4.78, 5) is 34.6. The fraction of sp³-hybridized carbons (Fsp3) is 0.348. The van der Waals surface area contributed by atoms with E-state index < -0.39 is 79.5 Å².